The van der Waals surface area contributed by atoms with Crippen LogP contribution in [0.25, 0.3) is 0 Å². The Morgan fingerprint density at radius 1 is 1.45 bits per heavy atom. The van der Waals surface area contributed by atoms with Gasteiger partial charge in [0.05, 0.1) is 0 Å². The SMILES string of the molecule is CNC(CCN1CCSC(C)C1C)c1cccc(F)c1. The average molecular weight is 296 g/mol. The summed E-state index contributed by atoms with van der Waals surface area (Å²) in [7, 11) is 1.95. The molecule has 0 saturated carbocycles. The van der Waals surface area contributed by atoms with Crippen molar-refractivity contribution in [1.29, 1.82) is 0 Å². The highest BCUT2D eigenvalue weighted by molar-refractivity contribution is 8.00. The van der Waals surface area contributed by atoms with Crippen LogP contribution in [-0.4, -0.2) is 42.1 Å². The van der Waals surface area contributed by atoms with Gasteiger partial charge in [0.15, 0.2) is 0 Å². The monoisotopic (exact) mass is 296 g/mol. The number of thioether (sulfide) groups is 1. The maximum absolute atomic E-state index is 13.3. The first-order chi connectivity index (χ1) is 9.61. The van der Waals surface area contributed by atoms with Gasteiger partial charge in [-0.3, -0.25) is 4.90 Å². The van der Waals surface area contributed by atoms with Crippen molar-refractivity contribution in [3.63, 3.8) is 0 Å². The zero-order valence-corrected chi connectivity index (χ0v) is 13.4. The van der Waals surface area contributed by atoms with Gasteiger partial charge in [-0.1, -0.05) is 19.1 Å². The van der Waals surface area contributed by atoms with Crippen LogP contribution in [0.1, 0.15) is 31.9 Å². The van der Waals surface area contributed by atoms with Crippen LogP contribution in [0, 0.1) is 5.82 Å². The van der Waals surface area contributed by atoms with E-state index in [0.717, 1.165) is 25.1 Å². The van der Waals surface area contributed by atoms with Crippen molar-refractivity contribution in [3.05, 3.63) is 35.6 Å². The van der Waals surface area contributed by atoms with Crippen LogP contribution in [0.3, 0.4) is 0 Å². The lowest BCUT2D eigenvalue weighted by molar-refractivity contribution is 0.202. The van der Waals surface area contributed by atoms with E-state index in [-0.39, 0.29) is 11.9 Å². The quantitative estimate of drug-likeness (QED) is 0.897. The molecule has 1 aromatic rings. The molecule has 0 amide bonds. The summed E-state index contributed by atoms with van der Waals surface area (Å²) < 4.78 is 13.3. The molecule has 4 heteroatoms. The number of rotatable bonds is 5. The van der Waals surface area contributed by atoms with Crippen molar-refractivity contribution < 1.29 is 4.39 Å². The molecule has 3 unspecified atom stereocenters. The van der Waals surface area contributed by atoms with Gasteiger partial charge in [0.1, 0.15) is 5.82 Å². The molecule has 3 atom stereocenters. The van der Waals surface area contributed by atoms with E-state index in [4.69, 9.17) is 0 Å². The summed E-state index contributed by atoms with van der Waals surface area (Å²) in [5, 5.41) is 4.01. The van der Waals surface area contributed by atoms with Gasteiger partial charge in [-0.2, -0.15) is 11.8 Å². The molecule has 0 aliphatic carbocycles. The molecule has 112 valence electrons. The van der Waals surface area contributed by atoms with Gasteiger partial charge in [0.25, 0.3) is 0 Å². The Morgan fingerprint density at radius 3 is 2.95 bits per heavy atom. The lowest BCUT2D eigenvalue weighted by Crippen LogP contribution is -2.45. The smallest absolute Gasteiger partial charge is 0.123 e. The molecule has 2 rings (SSSR count). The number of nitrogens with one attached hydrogen (secondary N) is 1. The predicted molar refractivity (Wildman–Crippen MR) is 85.8 cm³/mol. The molecule has 0 bridgehead atoms. The molecule has 1 aliphatic rings. The van der Waals surface area contributed by atoms with Gasteiger partial charge < -0.3 is 5.32 Å². The van der Waals surface area contributed by atoms with E-state index in [1.54, 1.807) is 12.1 Å². The molecule has 0 spiro atoms. The fraction of sp³-hybridized carbons (Fsp3) is 0.625. The Labute approximate surface area is 126 Å². The highest BCUT2D eigenvalue weighted by Gasteiger charge is 2.25. The van der Waals surface area contributed by atoms with Crippen LogP contribution in [-0.2, 0) is 0 Å². The molecule has 1 fully saturated rings. The number of nitrogens with zero attached hydrogens (tertiary/aromatic N) is 1. The summed E-state index contributed by atoms with van der Waals surface area (Å²) in [6.45, 7) is 6.85. The molecule has 1 heterocycles. The fourth-order valence-electron chi connectivity index (χ4n) is 2.81. The third-order valence-corrected chi connectivity index (χ3v) is 5.66. The number of benzene rings is 1. The summed E-state index contributed by atoms with van der Waals surface area (Å²) in [6, 6.07) is 7.78. The minimum atomic E-state index is -0.154. The van der Waals surface area contributed by atoms with Crippen LogP contribution < -0.4 is 5.32 Å². The Kier molecular flexibility index (Phi) is 5.87. The largest absolute Gasteiger partial charge is 0.313 e. The highest BCUT2D eigenvalue weighted by Crippen LogP contribution is 2.26. The molecule has 1 aromatic carbocycles. The summed E-state index contributed by atoms with van der Waals surface area (Å²) in [5.41, 5.74) is 1.04. The van der Waals surface area contributed by atoms with E-state index in [2.05, 4.69) is 35.8 Å². The summed E-state index contributed by atoms with van der Waals surface area (Å²) >= 11 is 2.06. The lowest BCUT2D eigenvalue weighted by atomic mass is 10.0. The maximum Gasteiger partial charge on any atom is 0.123 e. The molecule has 20 heavy (non-hydrogen) atoms. The molecule has 1 saturated heterocycles. The topological polar surface area (TPSA) is 15.3 Å². The van der Waals surface area contributed by atoms with Crippen LogP contribution >= 0.6 is 11.8 Å². The normalized spacial score (nSPS) is 25.6. The molecule has 0 aromatic heterocycles. The van der Waals surface area contributed by atoms with E-state index in [1.165, 1.54) is 11.8 Å². The van der Waals surface area contributed by atoms with E-state index in [9.17, 15) is 4.39 Å². The van der Waals surface area contributed by atoms with Gasteiger partial charge in [-0.25, -0.2) is 4.39 Å². The van der Waals surface area contributed by atoms with Crippen molar-refractivity contribution in [2.45, 2.75) is 37.6 Å². The molecular weight excluding hydrogens is 271 g/mol. The standard InChI is InChI=1S/C16H25FN2S/c1-12-13(2)20-10-9-19(12)8-7-16(18-3)14-5-4-6-15(17)11-14/h4-6,11-13,16,18H,7-10H2,1-3H3. The second-order valence-electron chi connectivity index (χ2n) is 5.54. The van der Waals surface area contributed by atoms with E-state index in [1.807, 2.05) is 13.1 Å². The highest BCUT2D eigenvalue weighted by atomic mass is 32.2. The minimum Gasteiger partial charge on any atom is -0.313 e. The first-order valence-corrected chi connectivity index (χ1v) is 8.45. The summed E-state index contributed by atoms with van der Waals surface area (Å²) in [4.78, 5) is 2.56. The molecule has 1 aliphatic heterocycles. The Bertz CT molecular complexity index is 427. The van der Waals surface area contributed by atoms with E-state index in [0.29, 0.717) is 11.3 Å². The second kappa shape index (κ2) is 7.43. The Morgan fingerprint density at radius 2 is 2.25 bits per heavy atom. The zero-order chi connectivity index (χ0) is 14.5. The van der Waals surface area contributed by atoms with Gasteiger partial charge in [-0.15, -0.1) is 0 Å². The van der Waals surface area contributed by atoms with Crippen LogP contribution in [0.2, 0.25) is 0 Å². The van der Waals surface area contributed by atoms with Crippen molar-refractivity contribution in [2.24, 2.45) is 0 Å². The van der Waals surface area contributed by atoms with E-state index >= 15 is 0 Å². The van der Waals surface area contributed by atoms with Crippen molar-refractivity contribution >= 4 is 11.8 Å². The van der Waals surface area contributed by atoms with Crippen molar-refractivity contribution in [1.82, 2.24) is 10.2 Å². The van der Waals surface area contributed by atoms with E-state index < -0.39 is 0 Å². The Hall–Kier alpha value is -0.580. The van der Waals surface area contributed by atoms with Crippen molar-refractivity contribution in [2.75, 3.05) is 25.9 Å². The maximum atomic E-state index is 13.3. The number of hydrogen-bond acceptors (Lipinski definition) is 3. The number of halogens is 1. The fourth-order valence-corrected chi connectivity index (χ4v) is 3.97. The molecular formula is C16H25FN2S. The van der Waals surface area contributed by atoms with Gasteiger partial charge in [-0.05, 0) is 38.1 Å². The van der Waals surface area contributed by atoms with Crippen molar-refractivity contribution in [3.8, 4) is 0 Å². The molecule has 1 N–H and O–H groups in total. The summed E-state index contributed by atoms with van der Waals surface area (Å²) in [5.74, 6) is 1.06. The van der Waals surface area contributed by atoms with Crippen LogP contribution in [0.5, 0.6) is 0 Å². The summed E-state index contributed by atoms with van der Waals surface area (Å²) in [6.07, 6.45) is 1.02. The minimum absolute atomic E-state index is 0.154. The third kappa shape index (κ3) is 3.96. The van der Waals surface area contributed by atoms with Gasteiger partial charge >= 0.3 is 0 Å². The van der Waals surface area contributed by atoms with Gasteiger partial charge in [0, 0.05) is 36.2 Å². The zero-order valence-electron chi connectivity index (χ0n) is 12.6. The average Bonchev–Trinajstić information content (AvgIpc) is 2.44. The number of hydrogen-bond donors (Lipinski definition) is 1. The third-order valence-electron chi connectivity index (χ3n) is 4.32. The lowest BCUT2D eigenvalue weighted by Gasteiger charge is -2.38. The first-order valence-electron chi connectivity index (χ1n) is 7.40. The molecule has 2 nitrogen and oxygen atoms in total. The first kappa shape index (κ1) is 15.8. The van der Waals surface area contributed by atoms with Gasteiger partial charge in [0.2, 0.25) is 0 Å². The second-order valence-corrected chi connectivity index (χ2v) is 7.02. The van der Waals surface area contributed by atoms with Crippen LogP contribution in [0.15, 0.2) is 24.3 Å². The van der Waals surface area contributed by atoms with Crippen LogP contribution in [0.4, 0.5) is 4.39 Å². The molecule has 0 radical (unpaired) electrons. The predicted octanol–water partition coefficient (Wildman–Crippen LogP) is 3.30. The Balaban J connectivity index is 1.94.